The number of benzene rings is 1. The van der Waals surface area contributed by atoms with Crippen molar-refractivity contribution in [2.45, 2.75) is 12.8 Å². The predicted molar refractivity (Wildman–Crippen MR) is 77.4 cm³/mol. The molecule has 1 aromatic heterocycles. The van der Waals surface area contributed by atoms with Gasteiger partial charge in [0.2, 0.25) is 0 Å². The van der Waals surface area contributed by atoms with Crippen LogP contribution >= 0.6 is 0 Å². The van der Waals surface area contributed by atoms with Gasteiger partial charge in [0.05, 0.1) is 18.8 Å². The quantitative estimate of drug-likeness (QED) is 0.842. The summed E-state index contributed by atoms with van der Waals surface area (Å²) in [6.07, 6.45) is 3.06. The van der Waals surface area contributed by atoms with E-state index < -0.39 is 0 Å². The van der Waals surface area contributed by atoms with Gasteiger partial charge < -0.3 is 9.84 Å². The van der Waals surface area contributed by atoms with Crippen LogP contribution in [0.5, 0.6) is 5.75 Å². The molecule has 0 radical (unpaired) electrons. The van der Waals surface area contributed by atoms with Gasteiger partial charge >= 0.3 is 0 Å². The molecule has 0 bridgehead atoms. The van der Waals surface area contributed by atoms with E-state index in [0.29, 0.717) is 13.0 Å². The molecule has 1 N–H and O–H groups in total. The second-order valence-electron chi connectivity index (χ2n) is 4.32. The monoisotopic (exact) mass is 270 g/mol. The Balaban J connectivity index is 1.96. The summed E-state index contributed by atoms with van der Waals surface area (Å²) >= 11 is 0. The molecule has 0 amide bonds. The van der Waals surface area contributed by atoms with Gasteiger partial charge in [-0.25, -0.2) is 0 Å². The molecule has 0 aliphatic rings. The third-order valence-electron chi connectivity index (χ3n) is 2.89. The van der Waals surface area contributed by atoms with Crippen molar-refractivity contribution in [3.05, 3.63) is 47.8 Å². The smallest absolute Gasteiger partial charge is 0.134 e. The lowest BCUT2D eigenvalue weighted by atomic mass is 10.2. The highest BCUT2D eigenvalue weighted by molar-refractivity contribution is 5.45. The average molecular weight is 270 g/mol. The number of rotatable bonds is 5. The van der Waals surface area contributed by atoms with E-state index in [4.69, 9.17) is 9.84 Å². The van der Waals surface area contributed by atoms with E-state index in [0.717, 1.165) is 23.4 Å². The van der Waals surface area contributed by atoms with Crippen LogP contribution in [-0.2, 0) is 13.5 Å². The fourth-order valence-electron chi connectivity index (χ4n) is 1.82. The molecule has 0 atom stereocenters. The van der Waals surface area contributed by atoms with Crippen LogP contribution in [0, 0.1) is 11.8 Å². The molecule has 4 heteroatoms. The second kappa shape index (κ2) is 7.37. The zero-order chi connectivity index (χ0) is 14.2. The molecule has 1 heterocycles. The third-order valence-corrected chi connectivity index (χ3v) is 2.89. The lowest BCUT2D eigenvalue weighted by Crippen LogP contribution is -2.06. The number of ether oxygens (including phenoxy) is 1. The number of hydrogen-bond donors (Lipinski definition) is 1. The maximum Gasteiger partial charge on any atom is 0.134 e. The summed E-state index contributed by atoms with van der Waals surface area (Å²) in [4.78, 5) is 0. The van der Waals surface area contributed by atoms with E-state index in [1.807, 2.05) is 42.1 Å². The molecule has 0 saturated carbocycles. The van der Waals surface area contributed by atoms with Crippen molar-refractivity contribution in [2.24, 2.45) is 7.05 Å². The van der Waals surface area contributed by atoms with Gasteiger partial charge in [-0.05, 0) is 18.2 Å². The Morgan fingerprint density at radius 3 is 2.90 bits per heavy atom. The first-order valence-corrected chi connectivity index (χ1v) is 6.59. The molecule has 0 saturated heterocycles. The first-order chi connectivity index (χ1) is 9.81. The van der Waals surface area contributed by atoms with Crippen LogP contribution in [0.1, 0.15) is 17.7 Å². The topological polar surface area (TPSA) is 47.3 Å². The van der Waals surface area contributed by atoms with Crippen molar-refractivity contribution in [1.82, 2.24) is 9.78 Å². The molecule has 2 rings (SSSR count). The summed E-state index contributed by atoms with van der Waals surface area (Å²) in [5.74, 6) is 6.71. The third kappa shape index (κ3) is 3.87. The highest BCUT2D eigenvalue weighted by atomic mass is 16.5. The summed E-state index contributed by atoms with van der Waals surface area (Å²) in [6, 6.07) is 9.67. The number of aliphatic hydroxyl groups excluding tert-OH is 1. The molecule has 0 fully saturated rings. The first kappa shape index (κ1) is 14.2. The highest BCUT2D eigenvalue weighted by Gasteiger charge is 2.02. The summed E-state index contributed by atoms with van der Waals surface area (Å²) < 4.78 is 7.63. The Bertz CT molecular complexity index is 608. The van der Waals surface area contributed by atoms with Crippen molar-refractivity contribution >= 4 is 0 Å². The number of hydrogen-bond acceptors (Lipinski definition) is 3. The van der Waals surface area contributed by atoms with Crippen molar-refractivity contribution in [2.75, 3.05) is 13.2 Å². The minimum atomic E-state index is 0.0799. The van der Waals surface area contributed by atoms with Crippen LogP contribution in [0.2, 0.25) is 0 Å². The fraction of sp³-hybridized carbons (Fsp3) is 0.312. The first-order valence-electron chi connectivity index (χ1n) is 6.59. The van der Waals surface area contributed by atoms with Gasteiger partial charge in [-0.2, -0.15) is 5.10 Å². The van der Waals surface area contributed by atoms with Crippen molar-refractivity contribution in [3.8, 4) is 17.6 Å². The summed E-state index contributed by atoms with van der Waals surface area (Å²) in [6.45, 7) is 0.661. The van der Waals surface area contributed by atoms with E-state index >= 15 is 0 Å². The largest absolute Gasteiger partial charge is 0.492 e. The number of para-hydroxylation sites is 1. The average Bonchev–Trinajstić information content (AvgIpc) is 2.86. The van der Waals surface area contributed by atoms with Crippen molar-refractivity contribution < 1.29 is 9.84 Å². The van der Waals surface area contributed by atoms with Crippen LogP contribution < -0.4 is 4.74 Å². The summed E-state index contributed by atoms with van der Waals surface area (Å²) in [5, 5.41) is 12.9. The van der Waals surface area contributed by atoms with Crippen LogP contribution in [0.25, 0.3) is 0 Å². The van der Waals surface area contributed by atoms with Gasteiger partial charge in [-0.15, -0.1) is 0 Å². The van der Waals surface area contributed by atoms with Gasteiger partial charge in [0.15, 0.2) is 0 Å². The molecule has 4 nitrogen and oxygen atoms in total. The second-order valence-corrected chi connectivity index (χ2v) is 4.32. The Morgan fingerprint density at radius 2 is 2.15 bits per heavy atom. The molecule has 2 aromatic rings. The molecule has 0 unspecified atom stereocenters. The fourth-order valence-corrected chi connectivity index (χ4v) is 1.82. The van der Waals surface area contributed by atoms with Crippen LogP contribution in [0.3, 0.4) is 0 Å². The number of aliphatic hydroxyl groups is 1. The molecule has 1 aromatic carbocycles. The van der Waals surface area contributed by atoms with Gasteiger partial charge in [-0.1, -0.05) is 24.0 Å². The number of aryl methyl sites for hydroxylation is 1. The Kier molecular flexibility index (Phi) is 5.22. The molecule has 0 spiro atoms. The number of nitrogens with zero attached hydrogens (tertiary/aromatic N) is 2. The van der Waals surface area contributed by atoms with Crippen LogP contribution in [0.15, 0.2) is 36.5 Å². The molecule has 20 heavy (non-hydrogen) atoms. The lowest BCUT2D eigenvalue weighted by molar-refractivity contribution is 0.305. The minimum Gasteiger partial charge on any atom is -0.492 e. The molecular weight excluding hydrogens is 252 g/mol. The van der Waals surface area contributed by atoms with E-state index in [-0.39, 0.29) is 6.61 Å². The van der Waals surface area contributed by atoms with E-state index in [2.05, 4.69) is 16.9 Å². The SMILES string of the molecule is Cn1nccc1CCOc1ccccc1C#CCCO. The van der Waals surface area contributed by atoms with Crippen molar-refractivity contribution in [3.63, 3.8) is 0 Å². The van der Waals surface area contributed by atoms with Crippen LogP contribution in [0.4, 0.5) is 0 Å². The minimum absolute atomic E-state index is 0.0799. The maximum atomic E-state index is 8.74. The van der Waals surface area contributed by atoms with Gasteiger partial charge in [0.25, 0.3) is 0 Å². The zero-order valence-electron chi connectivity index (χ0n) is 11.5. The summed E-state index contributed by atoms with van der Waals surface area (Å²) in [5.41, 5.74) is 1.99. The predicted octanol–water partition coefficient (Wildman–Crippen LogP) is 1.78. The molecule has 0 aliphatic carbocycles. The molecule has 104 valence electrons. The zero-order valence-corrected chi connectivity index (χ0v) is 11.5. The van der Waals surface area contributed by atoms with E-state index in [9.17, 15) is 0 Å². The van der Waals surface area contributed by atoms with Gasteiger partial charge in [0.1, 0.15) is 5.75 Å². The summed E-state index contributed by atoms with van der Waals surface area (Å²) in [7, 11) is 1.92. The van der Waals surface area contributed by atoms with Crippen molar-refractivity contribution in [1.29, 1.82) is 0 Å². The Morgan fingerprint density at radius 1 is 1.30 bits per heavy atom. The van der Waals surface area contributed by atoms with E-state index in [1.54, 1.807) is 6.20 Å². The molecular formula is C16H18N2O2. The number of aromatic nitrogens is 2. The standard InChI is InChI=1S/C16H18N2O2/c1-18-15(9-11-17-18)10-13-20-16-8-3-2-6-14(16)7-4-5-12-19/h2-3,6,8-9,11,19H,5,10,12-13H2,1H3. The van der Waals surface area contributed by atoms with E-state index in [1.165, 1.54) is 0 Å². The highest BCUT2D eigenvalue weighted by Crippen LogP contribution is 2.17. The van der Waals surface area contributed by atoms with Gasteiger partial charge in [-0.3, -0.25) is 4.68 Å². The lowest BCUT2D eigenvalue weighted by Gasteiger charge is -2.08. The Labute approximate surface area is 119 Å². The maximum absolute atomic E-state index is 8.74. The Hall–Kier alpha value is -2.25. The normalized spacial score (nSPS) is 9.90. The van der Waals surface area contributed by atoms with Crippen LogP contribution in [-0.4, -0.2) is 28.1 Å². The van der Waals surface area contributed by atoms with Gasteiger partial charge in [0, 0.05) is 31.8 Å². The molecule has 0 aliphatic heterocycles.